The van der Waals surface area contributed by atoms with E-state index in [2.05, 4.69) is 27.1 Å². The van der Waals surface area contributed by atoms with Crippen molar-refractivity contribution in [3.8, 4) is 0 Å². The highest BCUT2D eigenvalue weighted by Crippen LogP contribution is 2.24. The van der Waals surface area contributed by atoms with Gasteiger partial charge >= 0.3 is 0 Å². The molecule has 1 amide bonds. The molecule has 2 aromatic carbocycles. The van der Waals surface area contributed by atoms with E-state index in [9.17, 15) is 13.2 Å². The predicted octanol–water partition coefficient (Wildman–Crippen LogP) is 3.62. The first kappa shape index (κ1) is 21.3. The smallest absolute Gasteiger partial charge is 0.240 e. The van der Waals surface area contributed by atoms with E-state index in [1.54, 1.807) is 12.1 Å². The normalized spacial score (nSPS) is 16.4. The Morgan fingerprint density at radius 1 is 1.07 bits per heavy atom. The molecule has 1 aliphatic rings. The minimum atomic E-state index is -3.54. The molecule has 29 heavy (non-hydrogen) atoms. The molecule has 156 valence electrons. The van der Waals surface area contributed by atoms with Crippen LogP contribution in [0.4, 0.5) is 11.4 Å². The number of anilines is 2. The Morgan fingerprint density at radius 2 is 1.69 bits per heavy atom. The molecule has 3 rings (SSSR count). The Kier molecular flexibility index (Phi) is 6.92. The minimum absolute atomic E-state index is 0.00829. The lowest BCUT2D eigenvalue weighted by molar-refractivity contribution is -0.120. The van der Waals surface area contributed by atoms with Crippen molar-refractivity contribution in [2.75, 3.05) is 23.3 Å². The lowest BCUT2D eigenvalue weighted by Gasteiger charge is -2.33. The summed E-state index contributed by atoms with van der Waals surface area (Å²) in [6.07, 6.45) is 2.31. The summed E-state index contributed by atoms with van der Waals surface area (Å²) in [7, 11) is -3.54. The van der Waals surface area contributed by atoms with Crippen LogP contribution < -0.4 is 14.9 Å². The number of para-hydroxylation sites is 1. The maximum absolute atomic E-state index is 12.6. The number of hydrogen-bond acceptors (Lipinski definition) is 4. The molecule has 1 fully saturated rings. The molecule has 0 saturated carbocycles. The molecule has 0 aliphatic carbocycles. The minimum Gasteiger partial charge on any atom is -0.371 e. The first-order valence-corrected chi connectivity index (χ1v) is 11.6. The van der Waals surface area contributed by atoms with Gasteiger partial charge in [0.25, 0.3) is 0 Å². The molecule has 7 heteroatoms. The molecule has 1 saturated heterocycles. The van der Waals surface area contributed by atoms with Gasteiger partial charge in [-0.1, -0.05) is 25.1 Å². The maximum Gasteiger partial charge on any atom is 0.240 e. The highest BCUT2D eigenvalue weighted by atomic mass is 32.2. The third-order valence-corrected chi connectivity index (χ3v) is 6.99. The van der Waals surface area contributed by atoms with Crippen molar-refractivity contribution in [2.24, 2.45) is 5.92 Å². The van der Waals surface area contributed by atoms with Crippen molar-refractivity contribution >= 4 is 27.3 Å². The van der Waals surface area contributed by atoms with E-state index in [0.717, 1.165) is 32.4 Å². The Labute approximate surface area is 173 Å². The first-order chi connectivity index (χ1) is 13.9. The van der Waals surface area contributed by atoms with Crippen LogP contribution >= 0.6 is 0 Å². The van der Waals surface area contributed by atoms with Gasteiger partial charge in [-0.25, -0.2) is 13.1 Å². The average Bonchev–Trinajstić information content (AvgIpc) is 2.74. The molecule has 0 bridgehead atoms. The molecule has 0 spiro atoms. The van der Waals surface area contributed by atoms with Gasteiger partial charge in [0, 0.05) is 36.4 Å². The second-order valence-corrected chi connectivity index (χ2v) is 9.26. The molecule has 2 N–H and O–H groups in total. The third-order valence-electron chi connectivity index (χ3n) is 5.39. The summed E-state index contributed by atoms with van der Waals surface area (Å²) in [4.78, 5) is 15.1. The molecular formula is C22H29N3O3S. The van der Waals surface area contributed by atoms with Gasteiger partial charge in [-0.15, -0.1) is 0 Å². The lowest BCUT2D eigenvalue weighted by atomic mass is 9.95. The number of nitrogens with zero attached hydrogens (tertiary/aromatic N) is 1. The molecule has 1 atom stereocenters. The topological polar surface area (TPSA) is 78.5 Å². The number of carbonyl (C=O) groups is 1. The van der Waals surface area contributed by atoms with E-state index < -0.39 is 10.0 Å². The molecule has 0 radical (unpaired) electrons. The van der Waals surface area contributed by atoms with Crippen molar-refractivity contribution in [2.45, 2.75) is 44.0 Å². The van der Waals surface area contributed by atoms with E-state index in [-0.39, 0.29) is 22.8 Å². The van der Waals surface area contributed by atoms with Gasteiger partial charge in [-0.3, -0.25) is 4.79 Å². The Morgan fingerprint density at radius 3 is 2.28 bits per heavy atom. The zero-order valence-electron chi connectivity index (χ0n) is 17.0. The number of benzene rings is 2. The summed E-state index contributed by atoms with van der Waals surface area (Å²) in [6, 6.07) is 16.4. The highest BCUT2D eigenvalue weighted by Gasteiger charge is 2.25. The van der Waals surface area contributed by atoms with E-state index >= 15 is 0 Å². The van der Waals surface area contributed by atoms with Crippen molar-refractivity contribution in [3.63, 3.8) is 0 Å². The Balaban J connectivity index is 1.55. The lowest BCUT2D eigenvalue weighted by Crippen LogP contribution is -2.38. The van der Waals surface area contributed by atoms with Crippen molar-refractivity contribution in [1.29, 1.82) is 0 Å². The van der Waals surface area contributed by atoms with Crippen molar-refractivity contribution < 1.29 is 13.2 Å². The molecule has 1 heterocycles. The second-order valence-electron chi connectivity index (χ2n) is 7.54. The van der Waals surface area contributed by atoms with Gasteiger partial charge in [-0.05, 0) is 62.6 Å². The Bertz CT molecular complexity index is 906. The van der Waals surface area contributed by atoms with Gasteiger partial charge in [0.1, 0.15) is 0 Å². The second kappa shape index (κ2) is 9.41. The van der Waals surface area contributed by atoms with E-state index in [4.69, 9.17) is 0 Å². The zero-order chi connectivity index (χ0) is 20.9. The van der Waals surface area contributed by atoms with Gasteiger partial charge in [0.05, 0.1) is 4.90 Å². The summed E-state index contributed by atoms with van der Waals surface area (Å²) in [5.74, 6) is -0.0449. The van der Waals surface area contributed by atoms with Crippen LogP contribution in [0.15, 0.2) is 59.5 Å². The first-order valence-electron chi connectivity index (χ1n) is 10.1. The van der Waals surface area contributed by atoms with Crippen LogP contribution in [0.25, 0.3) is 0 Å². The molecule has 0 aromatic heterocycles. The fourth-order valence-corrected chi connectivity index (χ4v) is 4.74. The third kappa shape index (κ3) is 5.58. The summed E-state index contributed by atoms with van der Waals surface area (Å²) in [5.41, 5.74) is 1.80. The fraction of sp³-hybridized carbons (Fsp3) is 0.409. The van der Waals surface area contributed by atoms with Gasteiger partial charge in [0.2, 0.25) is 15.9 Å². The molecule has 1 unspecified atom stereocenters. The molecule has 2 aromatic rings. The molecule has 6 nitrogen and oxygen atoms in total. The largest absolute Gasteiger partial charge is 0.371 e. The highest BCUT2D eigenvalue weighted by molar-refractivity contribution is 7.89. The summed E-state index contributed by atoms with van der Waals surface area (Å²) < 4.78 is 27.3. The van der Waals surface area contributed by atoms with Crippen molar-refractivity contribution in [1.82, 2.24) is 4.72 Å². The average molecular weight is 416 g/mol. The van der Waals surface area contributed by atoms with E-state index in [1.807, 2.05) is 32.0 Å². The van der Waals surface area contributed by atoms with Gasteiger partial charge < -0.3 is 10.2 Å². The molecular weight excluding hydrogens is 386 g/mol. The number of amides is 1. The summed E-state index contributed by atoms with van der Waals surface area (Å²) in [5, 5.41) is 2.92. The number of rotatable bonds is 7. The maximum atomic E-state index is 12.6. The Hall–Kier alpha value is -2.38. The van der Waals surface area contributed by atoms with Crippen molar-refractivity contribution in [3.05, 3.63) is 54.6 Å². The summed E-state index contributed by atoms with van der Waals surface area (Å²) >= 11 is 0. The van der Waals surface area contributed by atoms with Gasteiger partial charge in [0.15, 0.2) is 0 Å². The number of nitrogens with one attached hydrogen (secondary N) is 2. The van der Waals surface area contributed by atoms with Crippen LogP contribution in [-0.4, -0.2) is 33.5 Å². The fourth-order valence-electron chi connectivity index (χ4n) is 3.42. The van der Waals surface area contributed by atoms with Crippen LogP contribution in [0.2, 0.25) is 0 Å². The van der Waals surface area contributed by atoms with Crippen LogP contribution in [-0.2, 0) is 14.8 Å². The number of piperidine rings is 1. The number of hydrogen-bond donors (Lipinski definition) is 2. The van der Waals surface area contributed by atoms with Crippen LogP contribution in [0.1, 0.15) is 33.1 Å². The predicted molar refractivity (Wildman–Crippen MR) is 117 cm³/mol. The standard InChI is InChI=1S/C22H29N3O3S/c1-3-17(2)24-29(27,28)21-11-9-19(10-12-21)23-22(26)18-13-15-25(16-14-18)20-7-5-4-6-8-20/h4-12,17-18,24H,3,13-16H2,1-2H3,(H,23,26). The SMILES string of the molecule is CCC(C)NS(=O)(=O)c1ccc(NC(=O)C2CCN(c3ccccc3)CC2)cc1. The summed E-state index contributed by atoms with van der Waals surface area (Å²) in [6.45, 7) is 5.45. The quantitative estimate of drug-likeness (QED) is 0.724. The number of carbonyl (C=O) groups excluding carboxylic acids is 1. The monoisotopic (exact) mass is 415 g/mol. The van der Waals surface area contributed by atoms with Crippen LogP contribution in [0.3, 0.4) is 0 Å². The van der Waals surface area contributed by atoms with Crippen LogP contribution in [0, 0.1) is 5.92 Å². The molecule has 1 aliphatic heterocycles. The number of sulfonamides is 1. The van der Waals surface area contributed by atoms with Gasteiger partial charge in [-0.2, -0.15) is 0 Å². The van der Waals surface area contributed by atoms with Crippen LogP contribution in [0.5, 0.6) is 0 Å². The zero-order valence-corrected chi connectivity index (χ0v) is 17.8. The van der Waals surface area contributed by atoms with E-state index in [0.29, 0.717) is 5.69 Å². The van der Waals surface area contributed by atoms with E-state index in [1.165, 1.54) is 17.8 Å².